The van der Waals surface area contributed by atoms with Gasteiger partial charge in [0.05, 0.1) is 6.61 Å². The Morgan fingerprint density at radius 2 is 1.89 bits per heavy atom. The molecule has 4 nitrogen and oxygen atoms in total. The molecule has 0 spiro atoms. The van der Waals surface area contributed by atoms with Gasteiger partial charge >= 0.3 is 0 Å². The third-order valence-corrected chi connectivity index (χ3v) is 2.85. The summed E-state index contributed by atoms with van der Waals surface area (Å²) >= 11 is 12.0. The number of ether oxygens (including phenoxy) is 2. The topological polar surface area (TPSA) is 58.9 Å². The Hall–Kier alpha value is 0.692. The van der Waals surface area contributed by atoms with E-state index in [-0.39, 0.29) is 37.7 Å². The van der Waals surface area contributed by atoms with E-state index < -0.39 is 19.0 Å². The fourth-order valence-corrected chi connectivity index (χ4v) is 1.66. The van der Waals surface area contributed by atoms with Crippen molar-refractivity contribution in [1.82, 2.24) is 0 Å². The van der Waals surface area contributed by atoms with E-state index in [1.807, 2.05) is 0 Å². The largest absolute Gasteiger partial charge is 0.527 e. The molecule has 0 radical (unpaired) electrons. The Balaban J connectivity index is 0.00000324. The predicted octanol–water partition coefficient (Wildman–Crippen LogP) is 2.39. The maximum absolute atomic E-state index is 9.05. The molecule has 0 saturated carbocycles. The summed E-state index contributed by atoms with van der Waals surface area (Å²) in [6.07, 6.45) is -1.61. The number of aliphatic hydroxyl groups excluding tert-OH is 2. The standard InChI is InChI=1S/C12H15Cl2O4.U/c1-8(17-6-9(16)5-15)18-7-10-11(13)3-2-4-12(10)14;/h2-4,6,8-9,15-16H,5,7H2,1H3;/q-1;. The first kappa shape index (κ1) is 19.7. The smallest absolute Gasteiger partial charge is 0.125 e. The minimum atomic E-state index is -1.03. The zero-order valence-corrected chi connectivity index (χ0v) is 16.0. The van der Waals surface area contributed by atoms with Crippen LogP contribution in [-0.2, 0) is 16.1 Å². The van der Waals surface area contributed by atoms with Gasteiger partial charge in [-0.2, -0.15) is 6.61 Å². The van der Waals surface area contributed by atoms with Crippen molar-refractivity contribution in [2.24, 2.45) is 0 Å². The van der Waals surface area contributed by atoms with Crippen molar-refractivity contribution in [1.29, 1.82) is 0 Å². The number of hydrogen-bond donors (Lipinski definition) is 2. The quantitative estimate of drug-likeness (QED) is 0.419. The van der Waals surface area contributed by atoms with Crippen LogP contribution in [-0.4, -0.2) is 29.2 Å². The molecule has 0 saturated heterocycles. The first-order chi connectivity index (χ1) is 8.54. The van der Waals surface area contributed by atoms with Gasteiger partial charge in [-0.1, -0.05) is 29.3 Å². The third kappa shape index (κ3) is 7.31. The van der Waals surface area contributed by atoms with Gasteiger partial charge in [-0.15, -0.1) is 0 Å². The van der Waals surface area contributed by atoms with Gasteiger partial charge in [0.25, 0.3) is 0 Å². The van der Waals surface area contributed by atoms with E-state index in [1.54, 1.807) is 25.1 Å². The summed E-state index contributed by atoms with van der Waals surface area (Å²) in [5, 5.41) is 18.7. The molecule has 0 amide bonds. The molecule has 19 heavy (non-hydrogen) atoms. The molecule has 1 aromatic rings. The minimum absolute atomic E-state index is 0. The van der Waals surface area contributed by atoms with Crippen LogP contribution in [0.1, 0.15) is 12.5 Å². The molecule has 0 aliphatic carbocycles. The van der Waals surface area contributed by atoms with Crippen molar-refractivity contribution >= 4 is 23.2 Å². The second kappa shape index (κ2) is 10.4. The van der Waals surface area contributed by atoms with Gasteiger partial charge in [0.1, 0.15) is 6.29 Å². The molecular weight excluding hydrogens is 517 g/mol. The van der Waals surface area contributed by atoms with Crippen molar-refractivity contribution in [2.75, 3.05) is 6.61 Å². The number of hydrogen-bond acceptors (Lipinski definition) is 4. The van der Waals surface area contributed by atoms with E-state index in [0.717, 1.165) is 6.61 Å². The summed E-state index contributed by atoms with van der Waals surface area (Å²) in [5.41, 5.74) is 0.680. The Labute approximate surface area is 146 Å². The van der Waals surface area contributed by atoms with Crippen LogP contribution in [0.3, 0.4) is 0 Å². The van der Waals surface area contributed by atoms with E-state index in [2.05, 4.69) is 0 Å². The van der Waals surface area contributed by atoms with Crippen molar-refractivity contribution < 1.29 is 50.8 Å². The van der Waals surface area contributed by atoms with E-state index in [4.69, 9.17) is 42.9 Å². The van der Waals surface area contributed by atoms with Crippen molar-refractivity contribution in [3.05, 3.63) is 40.4 Å². The molecule has 2 atom stereocenters. The summed E-state index contributed by atoms with van der Waals surface area (Å²) < 4.78 is 10.4. The third-order valence-electron chi connectivity index (χ3n) is 2.14. The molecular formula is C12H15Cl2O4U-. The number of rotatable bonds is 7. The second-order valence-corrected chi connectivity index (χ2v) is 4.42. The Bertz CT molecular complexity index is 358. The van der Waals surface area contributed by atoms with Crippen LogP contribution in [0, 0.1) is 37.7 Å². The summed E-state index contributed by atoms with van der Waals surface area (Å²) in [7, 11) is 0. The van der Waals surface area contributed by atoms with Crippen LogP contribution < -0.4 is 0 Å². The van der Waals surface area contributed by atoms with Gasteiger partial charge in [0.2, 0.25) is 0 Å². The molecule has 7 heteroatoms. The van der Waals surface area contributed by atoms with Gasteiger partial charge in [0, 0.05) is 53.3 Å². The number of aliphatic hydroxyl groups is 2. The molecule has 2 unspecified atom stereocenters. The van der Waals surface area contributed by atoms with Crippen molar-refractivity contribution in [2.45, 2.75) is 25.9 Å². The van der Waals surface area contributed by atoms with Crippen LogP contribution in [0.4, 0.5) is 0 Å². The van der Waals surface area contributed by atoms with E-state index in [0.29, 0.717) is 15.6 Å². The molecule has 0 fully saturated rings. The summed E-state index contributed by atoms with van der Waals surface area (Å²) in [5.74, 6) is 0. The molecule has 0 bridgehead atoms. The van der Waals surface area contributed by atoms with Gasteiger partial charge in [0.15, 0.2) is 0 Å². The van der Waals surface area contributed by atoms with E-state index in [9.17, 15) is 0 Å². The Kier molecular flexibility index (Phi) is 10.8. The van der Waals surface area contributed by atoms with Crippen LogP contribution in [0.5, 0.6) is 0 Å². The molecule has 0 heterocycles. The van der Waals surface area contributed by atoms with E-state index in [1.165, 1.54) is 0 Å². The SMILES string of the molecule is CC(O[CH-]C(O)CO)OCc1c(Cl)cccc1Cl.[U]. The maximum atomic E-state index is 9.05. The number of benzene rings is 1. The predicted molar refractivity (Wildman–Crippen MR) is 69.2 cm³/mol. The van der Waals surface area contributed by atoms with Gasteiger partial charge in [-0.3, -0.25) is 0 Å². The molecule has 2 N–H and O–H groups in total. The summed E-state index contributed by atoms with van der Waals surface area (Å²) in [4.78, 5) is 0. The van der Waals surface area contributed by atoms with Gasteiger partial charge < -0.3 is 19.7 Å². The Morgan fingerprint density at radius 3 is 2.42 bits per heavy atom. The molecule has 1 rings (SSSR count). The molecule has 106 valence electrons. The average molecular weight is 532 g/mol. The summed E-state index contributed by atoms with van der Waals surface area (Å²) in [6.45, 7) is 2.57. The molecule has 1 aromatic carbocycles. The first-order valence-electron chi connectivity index (χ1n) is 5.36. The van der Waals surface area contributed by atoms with Crippen molar-refractivity contribution in [3.63, 3.8) is 0 Å². The van der Waals surface area contributed by atoms with Crippen LogP contribution in [0.2, 0.25) is 10.0 Å². The monoisotopic (exact) mass is 531 g/mol. The van der Waals surface area contributed by atoms with Gasteiger partial charge in [-0.05, 0) is 25.2 Å². The fourth-order valence-electron chi connectivity index (χ4n) is 1.15. The Morgan fingerprint density at radius 1 is 1.32 bits per heavy atom. The molecule has 0 aliphatic heterocycles. The van der Waals surface area contributed by atoms with Crippen molar-refractivity contribution in [3.8, 4) is 0 Å². The fraction of sp³-hybridized carbons (Fsp3) is 0.417. The molecule has 0 aromatic heterocycles. The average Bonchev–Trinajstić information content (AvgIpc) is 2.35. The summed E-state index contributed by atoms with van der Waals surface area (Å²) in [6, 6.07) is 5.19. The maximum Gasteiger partial charge on any atom is 0.125 e. The van der Waals surface area contributed by atoms with Crippen LogP contribution in [0.25, 0.3) is 0 Å². The van der Waals surface area contributed by atoms with Gasteiger partial charge in [-0.25, -0.2) is 0 Å². The zero-order valence-electron chi connectivity index (χ0n) is 10.3. The zero-order chi connectivity index (χ0) is 13.5. The first-order valence-corrected chi connectivity index (χ1v) is 6.12. The minimum Gasteiger partial charge on any atom is -0.527 e. The molecule has 0 aliphatic rings. The normalized spacial score (nSPS) is 13.7. The second-order valence-electron chi connectivity index (χ2n) is 3.60. The van der Waals surface area contributed by atoms with Crippen LogP contribution in [0.15, 0.2) is 18.2 Å². The van der Waals surface area contributed by atoms with E-state index >= 15 is 0 Å². The van der Waals surface area contributed by atoms with Crippen LogP contribution >= 0.6 is 23.2 Å². The number of halogens is 2.